The highest BCUT2D eigenvalue weighted by Crippen LogP contribution is 2.04. The van der Waals surface area contributed by atoms with Crippen LogP contribution in [0.1, 0.15) is 6.92 Å². The molecule has 0 N–H and O–H groups in total. The maximum absolute atomic E-state index is 3.11. The van der Waals surface area contributed by atoms with Crippen LogP contribution in [-0.4, -0.2) is 31.2 Å². The molecule has 0 aromatic rings. The van der Waals surface area contributed by atoms with Crippen LogP contribution in [0.2, 0.25) is 0 Å². The first kappa shape index (κ1) is 6.60. The summed E-state index contributed by atoms with van der Waals surface area (Å²) >= 11 is 0. The molecule has 0 fully saturated rings. The fourth-order valence-corrected chi connectivity index (χ4v) is 0.962. The first-order valence-corrected chi connectivity index (χ1v) is 3.50. The van der Waals surface area contributed by atoms with Gasteiger partial charge in [-0.1, -0.05) is 0 Å². The molecule has 0 saturated carbocycles. The first-order valence-electron chi connectivity index (χ1n) is 3.50. The van der Waals surface area contributed by atoms with E-state index in [-0.39, 0.29) is 0 Å². The Labute approximate surface area is 56.9 Å². The molecule has 0 aromatic heterocycles. The molecule has 0 atom stereocenters. The summed E-state index contributed by atoms with van der Waals surface area (Å²) in [5.41, 5.74) is 3.11. The van der Waals surface area contributed by atoms with Crippen LogP contribution in [0.15, 0.2) is 17.9 Å². The van der Waals surface area contributed by atoms with Crippen molar-refractivity contribution in [3.63, 3.8) is 0 Å². The van der Waals surface area contributed by atoms with E-state index in [1.54, 1.807) is 0 Å². The summed E-state index contributed by atoms with van der Waals surface area (Å²) in [7, 11) is 2.27. The highest BCUT2D eigenvalue weighted by Gasteiger charge is 2.16. The minimum Gasteiger partial charge on any atom is -0.319 e. The fraction of sp³-hybridized carbons (Fsp3) is 0.625. The average Bonchev–Trinajstić information content (AvgIpc) is 1.90. The molecule has 1 heteroatoms. The van der Waals surface area contributed by atoms with Gasteiger partial charge in [0.15, 0.2) is 0 Å². The SMILES string of the molecule is CC[N+]1(C)CC=C=CC1. The molecule has 1 rings (SSSR count). The Hall–Kier alpha value is -0.520. The summed E-state index contributed by atoms with van der Waals surface area (Å²) in [6, 6.07) is 0. The molecular formula is C8H14N+. The third kappa shape index (κ3) is 1.44. The zero-order valence-electron chi connectivity index (χ0n) is 6.22. The highest BCUT2D eigenvalue weighted by atomic mass is 15.3. The molecule has 0 spiro atoms. The summed E-state index contributed by atoms with van der Waals surface area (Å²) in [6.45, 7) is 5.74. The smallest absolute Gasteiger partial charge is 0.105 e. The van der Waals surface area contributed by atoms with Gasteiger partial charge in [-0.2, -0.15) is 0 Å². The standard InChI is InChI=1S/C8H14N/c1-3-9(2)7-5-4-6-8-9/h5-6H,3,7-8H2,1-2H3/q+1. The predicted molar refractivity (Wildman–Crippen MR) is 39.1 cm³/mol. The van der Waals surface area contributed by atoms with Gasteiger partial charge in [0, 0.05) is 12.2 Å². The number of nitrogens with zero attached hydrogens (tertiary/aromatic N) is 1. The second-order valence-electron chi connectivity index (χ2n) is 2.88. The summed E-state index contributed by atoms with van der Waals surface area (Å²) in [5.74, 6) is 0. The summed E-state index contributed by atoms with van der Waals surface area (Å²) in [6.07, 6.45) is 4.24. The molecule has 0 radical (unpaired) electrons. The Morgan fingerprint density at radius 3 is 2.33 bits per heavy atom. The first-order chi connectivity index (χ1) is 4.27. The maximum Gasteiger partial charge on any atom is 0.105 e. The van der Waals surface area contributed by atoms with E-state index in [2.05, 4.69) is 31.9 Å². The molecule has 0 saturated heterocycles. The molecule has 1 heterocycles. The van der Waals surface area contributed by atoms with Crippen molar-refractivity contribution in [1.29, 1.82) is 0 Å². The second-order valence-corrected chi connectivity index (χ2v) is 2.88. The Balaban J connectivity index is 2.58. The topological polar surface area (TPSA) is 0 Å². The molecule has 1 nitrogen and oxygen atoms in total. The molecule has 9 heavy (non-hydrogen) atoms. The van der Waals surface area contributed by atoms with Gasteiger partial charge in [-0.05, 0) is 6.92 Å². The van der Waals surface area contributed by atoms with Gasteiger partial charge in [-0.25, -0.2) is 0 Å². The molecule has 0 amide bonds. The predicted octanol–water partition coefficient (Wildman–Crippen LogP) is 1.18. The molecule has 50 valence electrons. The Morgan fingerprint density at radius 1 is 1.44 bits per heavy atom. The van der Waals surface area contributed by atoms with Crippen molar-refractivity contribution in [2.45, 2.75) is 6.92 Å². The molecular weight excluding hydrogens is 110 g/mol. The Bertz CT molecular complexity index is 142. The summed E-state index contributed by atoms with van der Waals surface area (Å²) < 4.78 is 1.15. The molecule has 0 unspecified atom stereocenters. The molecule has 0 bridgehead atoms. The minimum atomic E-state index is 1.15. The van der Waals surface area contributed by atoms with Crippen LogP contribution >= 0.6 is 0 Å². The normalized spacial score (nSPS) is 22.4. The second kappa shape index (κ2) is 2.38. The van der Waals surface area contributed by atoms with Crippen LogP contribution in [-0.2, 0) is 0 Å². The van der Waals surface area contributed by atoms with Crippen molar-refractivity contribution in [1.82, 2.24) is 0 Å². The van der Waals surface area contributed by atoms with E-state index in [1.165, 1.54) is 6.54 Å². The van der Waals surface area contributed by atoms with E-state index < -0.39 is 0 Å². The zero-order chi connectivity index (χ0) is 6.74. The van der Waals surface area contributed by atoms with Gasteiger partial charge in [0.05, 0.1) is 13.6 Å². The Kier molecular flexibility index (Phi) is 1.75. The monoisotopic (exact) mass is 124 g/mol. The summed E-state index contributed by atoms with van der Waals surface area (Å²) in [4.78, 5) is 0. The van der Waals surface area contributed by atoms with Crippen molar-refractivity contribution in [2.24, 2.45) is 0 Å². The third-order valence-corrected chi connectivity index (χ3v) is 2.06. The van der Waals surface area contributed by atoms with Gasteiger partial charge < -0.3 is 4.48 Å². The number of hydrogen-bond donors (Lipinski definition) is 0. The van der Waals surface area contributed by atoms with Crippen LogP contribution < -0.4 is 0 Å². The van der Waals surface area contributed by atoms with Crippen LogP contribution in [0.25, 0.3) is 0 Å². The lowest BCUT2D eigenvalue weighted by Gasteiger charge is -2.31. The van der Waals surface area contributed by atoms with Gasteiger partial charge in [0.2, 0.25) is 0 Å². The van der Waals surface area contributed by atoms with Gasteiger partial charge in [-0.3, -0.25) is 0 Å². The van der Waals surface area contributed by atoms with E-state index in [1.807, 2.05) is 0 Å². The maximum atomic E-state index is 3.11. The van der Waals surface area contributed by atoms with Gasteiger partial charge >= 0.3 is 0 Å². The van der Waals surface area contributed by atoms with Crippen molar-refractivity contribution in [2.75, 3.05) is 26.7 Å². The number of hydrogen-bond acceptors (Lipinski definition) is 0. The molecule has 1 aliphatic heterocycles. The number of rotatable bonds is 1. The minimum absolute atomic E-state index is 1.15. The third-order valence-electron chi connectivity index (χ3n) is 2.06. The fourth-order valence-electron chi connectivity index (χ4n) is 0.962. The lowest BCUT2D eigenvalue weighted by Crippen LogP contribution is -2.44. The van der Waals surface area contributed by atoms with E-state index in [9.17, 15) is 0 Å². The number of quaternary nitrogens is 1. The van der Waals surface area contributed by atoms with Crippen molar-refractivity contribution < 1.29 is 4.48 Å². The van der Waals surface area contributed by atoms with Gasteiger partial charge in [-0.15, -0.1) is 5.73 Å². The number of likely N-dealkylation sites (N-methyl/N-ethyl adjacent to an activating group) is 1. The molecule has 0 aliphatic carbocycles. The average molecular weight is 124 g/mol. The lowest BCUT2D eigenvalue weighted by molar-refractivity contribution is -0.897. The zero-order valence-corrected chi connectivity index (χ0v) is 6.22. The van der Waals surface area contributed by atoms with Crippen molar-refractivity contribution in [3.05, 3.63) is 17.9 Å². The van der Waals surface area contributed by atoms with Crippen molar-refractivity contribution >= 4 is 0 Å². The molecule has 1 aliphatic rings. The Morgan fingerprint density at radius 2 is 2.00 bits per heavy atom. The summed E-state index contributed by atoms with van der Waals surface area (Å²) in [5, 5.41) is 0. The van der Waals surface area contributed by atoms with E-state index in [0.717, 1.165) is 17.6 Å². The van der Waals surface area contributed by atoms with E-state index >= 15 is 0 Å². The van der Waals surface area contributed by atoms with Crippen LogP contribution in [0.3, 0.4) is 0 Å². The van der Waals surface area contributed by atoms with Crippen LogP contribution in [0.5, 0.6) is 0 Å². The van der Waals surface area contributed by atoms with Gasteiger partial charge in [0.25, 0.3) is 0 Å². The lowest BCUT2D eigenvalue weighted by atomic mass is 10.3. The quantitative estimate of drug-likeness (QED) is 0.364. The van der Waals surface area contributed by atoms with E-state index in [0.29, 0.717) is 0 Å². The van der Waals surface area contributed by atoms with Crippen LogP contribution in [0, 0.1) is 0 Å². The van der Waals surface area contributed by atoms with Crippen molar-refractivity contribution in [3.8, 4) is 0 Å². The van der Waals surface area contributed by atoms with Gasteiger partial charge in [0.1, 0.15) is 13.1 Å². The highest BCUT2D eigenvalue weighted by molar-refractivity contribution is 4.89. The molecule has 0 aromatic carbocycles. The van der Waals surface area contributed by atoms with E-state index in [4.69, 9.17) is 0 Å². The van der Waals surface area contributed by atoms with Crippen LogP contribution in [0.4, 0.5) is 0 Å². The largest absolute Gasteiger partial charge is 0.319 e.